The Morgan fingerprint density at radius 1 is 1.24 bits per heavy atom. The van der Waals surface area contributed by atoms with Crippen LogP contribution in [0.2, 0.25) is 0 Å². The van der Waals surface area contributed by atoms with Crippen LogP contribution >= 0.6 is 23.1 Å². The van der Waals surface area contributed by atoms with Crippen LogP contribution in [0.25, 0.3) is 0 Å². The lowest BCUT2D eigenvalue weighted by Crippen LogP contribution is -2.47. The van der Waals surface area contributed by atoms with Gasteiger partial charge in [0.2, 0.25) is 5.91 Å². The Morgan fingerprint density at radius 2 is 2.00 bits per heavy atom. The van der Waals surface area contributed by atoms with Gasteiger partial charge in [-0.15, -0.1) is 11.8 Å². The summed E-state index contributed by atoms with van der Waals surface area (Å²) in [4.78, 5) is 27.3. The maximum Gasteiger partial charge on any atom is 0.337 e. The number of nitro groups is 1. The van der Waals surface area contributed by atoms with E-state index >= 15 is 0 Å². The average molecular weight is 439 g/mol. The number of nitrogens with one attached hydrogen (secondary N) is 1. The summed E-state index contributed by atoms with van der Waals surface area (Å²) in [5.41, 5.74) is 0.655. The van der Waals surface area contributed by atoms with Crippen LogP contribution in [0.15, 0.2) is 40.6 Å². The molecule has 0 saturated carbocycles. The van der Waals surface area contributed by atoms with Crippen LogP contribution in [0.1, 0.15) is 6.42 Å². The fraction of sp³-hybridized carbons (Fsp3) is 0.421. The first-order valence-corrected chi connectivity index (χ1v) is 11.2. The molecule has 156 valence electrons. The Balaban J connectivity index is 1.30. The molecule has 1 saturated heterocycles. The summed E-state index contributed by atoms with van der Waals surface area (Å²) in [6, 6.07) is 8.51. The first kappa shape index (κ1) is 21.5. The van der Waals surface area contributed by atoms with Crippen LogP contribution in [-0.2, 0) is 4.79 Å². The van der Waals surface area contributed by atoms with Crippen molar-refractivity contribution in [3.8, 4) is 0 Å². The molecule has 1 aromatic carbocycles. The molecular weight excluding hydrogens is 415 g/mol. The average Bonchev–Trinajstić information content (AvgIpc) is 3.20. The van der Waals surface area contributed by atoms with Gasteiger partial charge in [-0.3, -0.25) is 19.8 Å². The lowest BCUT2D eigenvalue weighted by molar-refractivity contribution is -0.382. The third kappa shape index (κ3) is 6.15. The SMILES string of the molecule is O=C(CSc1ccsc1[N+](=O)[O-])NCCCN1CCN(c2ccccc2F)CC1. The van der Waals surface area contributed by atoms with E-state index in [1.807, 2.05) is 12.1 Å². The van der Waals surface area contributed by atoms with Gasteiger partial charge in [-0.25, -0.2) is 4.39 Å². The molecule has 1 amide bonds. The van der Waals surface area contributed by atoms with Gasteiger partial charge in [-0.05, 0) is 36.5 Å². The fourth-order valence-corrected chi connectivity index (χ4v) is 4.94. The molecule has 29 heavy (non-hydrogen) atoms. The van der Waals surface area contributed by atoms with Crippen molar-refractivity contribution in [3.05, 3.63) is 51.6 Å². The van der Waals surface area contributed by atoms with Gasteiger partial charge in [0.05, 0.1) is 21.3 Å². The number of amides is 1. The number of carbonyl (C=O) groups is 1. The number of rotatable bonds is 9. The van der Waals surface area contributed by atoms with Crippen molar-refractivity contribution in [1.29, 1.82) is 0 Å². The number of hydrogen-bond donors (Lipinski definition) is 1. The number of piperazine rings is 1. The van der Waals surface area contributed by atoms with Crippen LogP contribution in [0, 0.1) is 15.9 Å². The topological polar surface area (TPSA) is 78.7 Å². The van der Waals surface area contributed by atoms with Crippen molar-refractivity contribution < 1.29 is 14.1 Å². The molecule has 7 nitrogen and oxygen atoms in total. The summed E-state index contributed by atoms with van der Waals surface area (Å²) >= 11 is 2.25. The zero-order valence-electron chi connectivity index (χ0n) is 15.9. The maximum atomic E-state index is 13.9. The van der Waals surface area contributed by atoms with Crippen molar-refractivity contribution in [3.63, 3.8) is 0 Å². The van der Waals surface area contributed by atoms with Crippen molar-refractivity contribution in [2.24, 2.45) is 0 Å². The summed E-state index contributed by atoms with van der Waals surface area (Å²) in [6.07, 6.45) is 0.828. The zero-order valence-corrected chi connectivity index (χ0v) is 17.5. The molecule has 1 aromatic heterocycles. The first-order valence-electron chi connectivity index (χ1n) is 9.38. The molecule has 0 spiro atoms. The summed E-state index contributed by atoms with van der Waals surface area (Å²) in [5.74, 6) is -0.145. The van der Waals surface area contributed by atoms with E-state index in [4.69, 9.17) is 0 Å². The van der Waals surface area contributed by atoms with Gasteiger partial charge in [-0.2, -0.15) is 0 Å². The summed E-state index contributed by atoms with van der Waals surface area (Å²) < 4.78 is 13.9. The van der Waals surface area contributed by atoms with E-state index in [1.54, 1.807) is 17.5 Å². The Morgan fingerprint density at radius 3 is 2.72 bits per heavy atom. The maximum absolute atomic E-state index is 13.9. The molecule has 1 aliphatic rings. The van der Waals surface area contributed by atoms with E-state index in [0.717, 1.165) is 50.5 Å². The number of hydrogen-bond acceptors (Lipinski definition) is 7. The summed E-state index contributed by atoms with van der Waals surface area (Å²) in [5, 5.41) is 15.5. The molecule has 0 aliphatic carbocycles. The predicted molar refractivity (Wildman–Crippen MR) is 114 cm³/mol. The fourth-order valence-electron chi connectivity index (χ4n) is 3.18. The molecule has 0 bridgehead atoms. The minimum atomic E-state index is -0.420. The van der Waals surface area contributed by atoms with Gasteiger partial charge in [0.25, 0.3) is 0 Å². The monoisotopic (exact) mass is 438 g/mol. The molecule has 0 atom stereocenters. The van der Waals surface area contributed by atoms with Gasteiger partial charge >= 0.3 is 5.00 Å². The molecule has 2 heterocycles. The Hall–Kier alpha value is -2.17. The highest BCUT2D eigenvalue weighted by atomic mass is 32.2. The Bertz CT molecular complexity index is 840. The molecule has 1 aliphatic heterocycles. The van der Waals surface area contributed by atoms with E-state index in [2.05, 4.69) is 15.1 Å². The number of anilines is 1. The molecule has 2 aromatic rings. The predicted octanol–water partition coefficient (Wildman–Crippen LogP) is 3.22. The van der Waals surface area contributed by atoms with E-state index in [1.165, 1.54) is 17.8 Å². The number of thioether (sulfide) groups is 1. The van der Waals surface area contributed by atoms with E-state index in [0.29, 0.717) is 17.1 Å². The van der Waals surface area contributed by atoms with E-state index < -0.39 is 4.92 Å². The minimum absolute atomic E-state index is 0.0809. The largest absolute Gasteiger partial charge is 0.367 e. The number of halogens is 1. The second kappa shape index (κ2) is 10.6. The van der Waals surface area contributed by atoms with Gasteiger partial charge in [-0.1, -0.05) is 23.5 Å². The van der Waals surface area contributed by atoms with Crippen LogP contribution in [0.3, 0.4) is 0 Å². The van der Waals surface area contributed by atoms with E-state index in [-0.39, 0.29) is 22.5 Å². The standard InChI is InChI=1S/C19H23FN4O3S2/c20-15-4-1-2-5-16(15)23-11-9-22(10-12-23)8-3-7-21-18(25)14-29-17-6-13-28-19(17)24(26)27/h1-2,4-6,13H,3,7-12,14H2,(H,21,25). The summed E-state index contributed by atoms with van der Waals surface area (Å²) in [7, 11) is 0. The number of para-hydroxylation sites is 1. The zero-order chi connectivity index (χ0) is 20.6. The first-order chi connectivity index (χ1) is 14.0. The number of benzene rings is 1. The van der Waals surface area contributed by atoms with Crippen LogP contribution < -0.4 is 10.2 Å². The summed E-state index contributed by atoms with van der Waals surface area (Å²) in [6.45, 7) is 4.72. The normalized spacial score (nSPS) is 14.7. The lowest BCUT2D eigenvalue weighted by Gasteiger charge is -2.36. The van der Waals surface area contributed by atoms with Crippen LogP contribution in [-0.4, -0.2) is 60.8 Å². The highest BCUT2D eigenvalue weighted by Crippen LogP contribution is 2.33. The second-order valence-electron chi connectivity index (χ2n) is 6.62. The minimum Gasteiger partial charge on any atom is -0.367 e. The highest BCUT2D eigenvalue weighted by molar-refractivity contribution is 8.00. The smallest absolute Gasteiger partial charge is 0.337 e. The number of nitrogens with zero attached hydrogens (tertiary/aromatic N) is 3. The van der Waals surface area contributed by atoms with Crippen molar-refractivity contribution in [2.45, 2.75) is 11.3 Å². The third-order valence-corrected chi connectivity index (χ3v) is 6.71. The lowest BCUT2D eigenvalue weighted by atomic mass is 10.2. The molecule has 0 unspecified atom stereocenters. The van der Waals surface area contributed by atoms with Crippen molar-refractivity contribution in [2.75, 3.05) is 49.9 Å². The molecule has 1 fully saturated rings. The van der Waals surface area contributed by atoms with Crippen molar-refractivity contribution in [1.82, 2.24) is 10.2 Å². The quantitative estimate of drug-likeness (QED) is 0.280. The van der Waals surface area contributed by atoms with Gasteiger partial charge < -0.3 is 10.2 Å². The highest BCUT2D eigenvalue weighted by Gasteiger charge is 2.19. The van der Waals surface area contributed by atoms with Crippen LogP contribution in [0.5, 0.6) is 0 Å². The number of carbonyl (C=O) groups excluding carboxylic acids is 1. The number of thiophene rings is 1. The second-order valence-corrected chi connectivity index (χ2v) is 8.53. The van der Waals surface area contributed by atoms with Gasteiger partial charge in [0, 0.05) is 32.7 Å². The Kier molecular flexibility index (Phi) is 7.84. The molecule has 0 radical (unpaired) electrons. The molecule has 3 rings (SSSR count). The van der Waals surface area contributed by atoms with E-state index in [9.17, 15) is 19.3 Å². The van der Waals surface area contributed by atoms with Crippen molar-refractivity contribution >= 4 is 39.7 Å². The third-order valence-electron chi connectivity index (χ3n) is 4.67. The Labute approximate surface area is 177 Å². The molecule has 10 heteroatoms. The molecular formula is C19H23FN4O3S2. The van der Waals surface area contributed by atoms with Crippen LogP contribution in [0.4, 0.5) is 15.1 Å². The van der Waals surface area contributed by atoms with Gasteiger partial charge in [0.1, 0.15) is 5.82 Å². The van der Waals surface area contributed by atoms with Gasteiger partial charge in [0.15, 0.2) is 0 Å². The molecule has 1 N–H and O–H groups in total.